The Balaban J connectivity index is 4.27. The number of nitrogens with zero attached hydrogens (tertiary/aromatic N) is 2. The molecule has 2 heteroatoms. The molecule has 0 heterocycles. The van der Waals surface area contributed by atoms with Gasteiger partial charge in [-0.15, -0.1) is 0 Å². The zero-order valence-corrected chi connectivity index (χ0v) is 7.60. The molecule has 0 saturated heterocycles. The summed E-state index contributed by atoms with van der Waals surface area (Å²) < 4.78 is 2.01. The van der Waals surface area contributed by atoms with E-state index in [1.165, 1.54) is 5.71 Å². The first kappa shape index (κ1) is 9.34. The molecule has 0 radical (unpaired) electrons. The average molecular weight is 141 g/mol. The third-order valence-corrected chi connectivity index (χ3v) is 1.51. The van der Waals surface area contributed by atoms with Crippen molar-refractivity contribution < 1.29 is 4.58 Å². The highest BCUT2D eigenvalue weighted by molar-refractivity contribution is 5.93. The summed E-state index contributed by atoms with van der Waals surface area (Å²) in [4.78, 5) is 4.35. The summed E-state index contributed by atoms with van der Waals surface area (Å²) in [6.07, 6.45) is 1.03. The van der Waals surface area contributed by atoms with Gasteiger partial charge in [0.05, 0.1) is 14.1 Å². The van der Waals surface area contributed by atoms with Crippen molar-refractivity contribution in [1.82, 2.24) is 0 Å². The first-order valence-corrected chi connectivity index (χ1v) is 3.63. The second-order valence-corrected chi connectivity index (χ2v) is 2.64. The van der Waals surface area contributed by atoms with Gasteiger partial charge < -0.3 is 0 Å². The van der Waals surface area contributed by atoms with Crippen molar-refractivity contribution in [3.63, 3.8) is 0 Å². The van der Waals surface area contributed by atoms with Crippen molar-refractivity contribution in [3.8, 4) is 0 Å². The molecule has 0 fully saturated rings. The molecule has 0 rings (SSSR count). The van der Waals surface area contributed by atoms with E-state index in [0.29, 0.717) is 0 Å². The van der Waals surface area contributed by atoms with Crippen LogP contribution in [-0.4, -0.2) is 30.2 Å². The smallest absolute Gasteiger partial charge is 0.268 e. The summed E-state index contributed by atoms with van der Waals surface area (Å²) in [5, 5.41) is 0. The first-order chi connectivity index (χ1) is 4.57. The van der Waals surface area contributed by atoms with E-state index in [9.17, 15) is 0 Å². The van der Waals surface area contributed by atoms with Crippen LogP contribution in [0.25, 0.3) is 0 Å². The molecule has 10 heavy (non-hydrogen) atoms. The minimum absolute atomic E-state index is 1.03. The van der Waals surface area contributed by atoms with E-state index in [1.54, 1.807) is 0 Å². The predicted octanol–water partition coefficient (Wildman–Crippen LogP) is 1.55. The van der Waals surface area contributed by atoms with Crippen LogP contribution in [0.15, 0.2) is 4.99 Å². The standard InChI is InChI=1S/C8H17N2/c1-6-7(2)9-8(3)10(4)5/h6H2,1-5H3/q+1. The van der Waals surface area contributed by atoms with Gasteiger partial charge in [-0.25, -0.2) is 0 Å². The van der Waals surface area contributed by atoms with E-state index in [0.717, 1.165) is 12.3 Å². The van der Waals surface area contributed by atoms with Crippen LogP contribution >= 0.6 is 0 Å². The van der Waals surface area contributed by atoms with Crippen molar-refractivity contribution in [2.45, 2.75) is 27.2 Å². The van der Waals surface area contributed by atoms with Gasteiger partial charge in [0.25, 0.3) is 5.84 Å². The molecule has 0 N–H and O–H groups in total. The molecule has 0 unspecified atom stereocenters. The maximum Gasteiger partial charge on any atom is 0.290 e. The van der Waals surface area contributed by atoms with Gasteiger partial charge in [-0.3, -0.25) is 4.58 Å². The summed E-state index contributed by atoms with van der Waals surface area (Å²) in [6.45, 7) is 6.17. The minimum atomic E-state index is 1.03. The van der Waals surface area contributed by atoms with Crippen molar-refractivity contribution in [1.29, 1.82) is 0 Å². The second kappa shape index (κ2) is 4.20. The summed E-state index contributed by atoms with van der Waals surface area (Å²) in [5.74, 6) is 1.07. The average Bonchev–Trinajstić information content (AvgIpc) is 1.87. The quantitative estimate of drug-likeness (QED) is 0.299. The molecule has 0 amide bonds. The molecule has 2 nitrogen and oxygen atoms in total. The van der Waals surface area contributed by atoms with Gasteiger partial charge in [0, 0.05) is 13.3 Å². The Morgan fingerprint density at radius 1 is 1.30 bits per heavy atom. The van der Waals surface area contributed by atoms with Crippen molar-refractivity contribution in [3.05, 3.63) is 0 Å². The summed E-state index contributed by atoms with van der Waals surface area (Å²) in [5.41, 5.74) is 1.19. The normalized spacial score (nSPS) is 11.5. The molecular formula is C8H17N2+. The molecule has 0 saturated carbocycles. The van der Waals surface area contributed by atoms with E-state index in [2.05, 4.69) is 11.9 Å². The first-order valence-electron chi connectivity index (χ1n) is 3.63. The fourth-order valence-corrected chi connectivity index (χ4v) is 0.455. The zero-order chi connectivity index (χ0) is 8.15. The van der Waals surface area contributed by atoms with Gasteiger partial charge in [0.15, 0.2) is 0 Å². The molecule has 0 bridgehead atoms. The fraction of sp³-hybridized carbons (Fsp3) is 0.750. The largest absolute Gasteiger partial charge is 0.290 e. The lowest BCUT2D eigenvalue weighted by atomic mass is 10.3. The van der Waals surface area contributed by atoms with Gasteiger partial charge >= 0.3 is 0 Å². The highest BCUT2D eigenvalue weighted by atomic mass is 15.0. The third-order valence-electron chi connectivity index (χ3n) is 1.51. The number of hydrogen-bond acceptors (Lipinski definition) is 0. The molecule has 0 aromatic carbocycles. The van der Waals surface area contributed by atoms with E-state index < -0.39 is 0 Å². The topological polar surface area (TPSA) is 15.4 Å². The van der Waals surface area contributed by atoms with Crippen LogP contribution < -0.4 is 0 Å². The summed E-state index contributed by atoms with van der Waals surface area (Å²) in [6, 6.07) is 0. The lowest BCUT2D eigenvalue weighted by Crippen LogP contribution is -2.08. The van der Waals surface area contributed by atoms with Crippen molar-refractivity contribution in [2.75, 3.05) is 14.1 Å². The molecule has 0 aliphatic carbocycles. The Hall–Kier alpha value is -0.660. The van der Waals surface area contributed by atoms with Crippen LogP contribution in [0.1, 0.15) is 27.2 Å². The number of hydrogen-bond donors (Lipinski definition) is 0. The molecule has 0 aromatic rings. The number of amidine groups is 1. The Kier molecular flexibility index (Phi) is 3.93. The second-order valence-electron chi connectivity index (χ2n) is 2.64. The SMILES string of the molecule is CCC(C)=NC(C)=[N+](C)C. The van der Waals surface area contributed by atoms with E-state index >= 15 is 0 Å². The highest BCUT2D eigenvalue weighted by Gasteiger charge is 1.99. The van der Waals surface area contributed by atoms with Crippen molar-refractivity contribution >= 4 is 11.5 Å². The van der Waals surface area contributed by atoms with Gasteiger partial charge in [-0.2, -0.15) is 0 Å². The van der Waals surface area contributed by atoms with E-state index in [-0.39, 0.29) is 0 Å². The lowest BCUT2D eigenvalue weighted by Gasteiger charge is -1.89. The van der Waals surface area contributed by atoms with E-state index in [1.807, 2.05) is 32.5 Å². The minimum Gasteiger partial charge on any atom is -0.268 e. The molecule has 0 spiro atoms. The maximum atomic E-state index is 4.35. The van der Waals surface area contributed by atoms with Gasteiger partial charge in [-0.05, 0) is 6.92 Å². The van der Waals surface area contributed by atoms with Crippen LogP contribution in [-0.2, 0) is 0 Å². The lowest BCUT2D eigenvalue weighted by molar-refractivity contribution is -0.465. The molecule has 0 atom stereocenters. The summed E-state index contributed by atoms with van der Waals surface area (Å²) in [7, 11) is 4.00. The Morgan fingerprint density at radius 3 is 2.10 bits per heavy atom. The Bertz CT molecular complexity index is 162. The predicted molar refractivity (Wildman–Crippen MR) is 46.2 cm³/mol. The van der Waals surface area contributed by atoms with E-state index in [4.69, 9.17) is 0 Å². The van der Waals surface area contributed by atoms with Crippen LogP contribution in [0.4, 0.5) is 0 Å². The third kappa shape index (κ3) is 3.38. The maximum absolute atomic E-state index is 4.35. The van der Waals surface area contributed by atoms with Gasteiger partial charge in [0.1, 0.15) is 5.71 Å². The fourth-order valence-electron chi connectivity index (χ4n) is 0.455. The molecular weight excluding hydrogens is 124 g/mol. The number of rotatable bonds is 1. The Labute approximate surface area is 63.3 Å². The van der Waals surface area contributed by atoms with Crippen LogP contribution in [0.3, 0.4) is 0 Å². The monoisotopic (exact) mass is 141 g/mol. The van der Waals surface area contributed by atoms with Crippen molar-refractivity contribution in [2.24, 2.45) is 4.99 Å². The molecule has 0 aliphatic rings. The van der Waals surface area contributed by atoms with Crippen LogP contribution in [0.2, 0.25) is 0 Å². The molecule has 58 valence electrons. The number of aliphatic imine (C=N–C) groups is 1. The van der Waals surface area contributed by atoms with Crippen LogP contribution in [0, 0.1) is 0 Å². The zero-order valence-electron chi connectivity index (χ0n) is 7.60. The summed E-state index contributed by atoms with van der Waals surface area (Å²) >= 11 is 0. The molecule has 0 aromatic heterocycles. The highest BCUT2D eigenvalue weighted by Crippen LogP contribution is 1.85. The van der Waals surface area contributed by atoms with Gasteiger partial charge in [-0.1, -0.05) is 11.9 Å². The van der Waals surface area contributed by atoms with Crippen LogP contribution in [0.5, 0.6) is 0 Å². The van der Waals surface area contributed by atoms with Gasteiger partial charge in [0.2, 0.25) is 0 Å². The Morgan fingerprint density at radius 2 is 1.80 bits per heavy atom. The molecule has 0 aliphatic heterocycles.